The van der Waals surface area contributed by atoms with Gasteiger partial charge in [-0.05, 0) is 36.6 Å². The second-order valence-corrected chi connectivity index (χ2v) is 6.07. The number of Topliss-reactive ketones (excluding diaryl/α,β-unsaturated/α-hetero) is 1. The molecule has 5 nitrogen and oxygen atoms in total. The van der Waals surface area contributed by atoms with Crippen molar-refractivity contribution in [1.29, 1.82) is 0 Å². The number of para-hydroxylation sites is 1. The topological polar surface area (TPSA) is 66.9 Å². The molecule has 0 atom stereocenters. The normalized spacial score (nSPS) is 11.1. The largest absolute Gasteiger partial charge is 0.361 e. The fraction of sp³-hybridized carbons (Fsp3) is 0.100. The Hall–Kier alpha value is -3.34. The molecule has 0 saturated heterocycles. The molecule has 0 saturated carbocycles. The molecule has 0 spiro atoms. The highest BCUT2D eigenvalue weighted by Crippen LogP contribution is 2.22. The van der Waals surface area contributed by atoms with Crippen molar-refractivity contribution in [1.82, 2.24) is 9.55 Å². The van der Waals surface area contributed by atoms with E-state index in [1.807, 2.05) is 59.3 Å². The summed E-state index contributed by atoms with van der Waals surface area (Å²) in [6.45, 7) is 1.69. The second-order valence-electron chi connectivity index (χ2n) is 6.07. The molecular weight excluding hydrogens is 314 g/mol. The van der Waals surface area contributed by atoms with E-state index in [1.54, 1.807) is 6.20 Å². The first-order chi connectivity index (χ1) is 12.1. The first kappa shape index (κ1) is 15.2. The van der Waals surface area contributed by atoms with Crippen molar-refractivity contribution in [2.24, 2.45) is 0 Å². The van der Waals surface area contributed by atoms with Crippen molar-refractivity contribution < 1.29 is 9.59 Å². The summed E-state index contributed by atoms with van der Waals surface area (Å²) in [6, 6.07) is 15.3. The van der Waals surface area contributed by atoms with Crippen molar-refractivity contribution in [2.75, 3.05) is 5.32 Å². The van der Waals surface area contributed by atoms with Gasteiger partial charge in [0.25, 0.3) is 0 Å². The molecule has 0 aliphatic heterocycles. The number of hydrogen-bond donors (Lipinski definition) is 2. The van der Waals surface area contributed by atoms with Crippen LogP contribution in [0.4, 0.5) is 5.69 Å². The summed E-state index contributed by atoms with van der Waals surface area (Å²) < 4.78 is 1.81. The summed E-state index contributed by atoms with van der Waals surface area (Å²) in [5.41, 5.74) is 3.23. The molecule has 25 heavy (non-hydrogen) atoms. The number of aromatic nitrogens is 2. The maximum Gasteiger partial charge on any atom is 0.244 e. The Morgan fingerprint density at radius 1 is 1.12 bits per heavy atom. The molecule has 2 N–H and O–H groups in total. The minimum Gasteiger partial charge on any atom is -0.361 e. The molecule has 4 rings (SSSR count). The third-order valence-corrected chi connectivity index (χ3v) is 4.32. The number of benzene rings is 2. The van der Waals surface area contributed by atoms with Gasteiger partial charge in [0.2, 0.25) is 5.91 Å². The van der Waals surface area contributed by atoms with Gasteiger partial charge in [-0.3, -0.25) is 9.59 Å². The maximum atomic E-state index is 12.5. The molecule has 0 bridgehead atoms. The third-order valence-electron chi connectivity index (χ3n) is 4.32. The Labute approximate surface area is 144 Å². The zero-order chi connectivity index (χ0) is 17.4. The number of nitrogens with zero attached hydrogens (tertiary/aromatic N) is 1. The Kier molecular flexibility index (Phi) is 3.61. The van der Waals surface area contributed by atoms with Crippen LogP contribution in [0.2, 0.25) is 0 Å². The van der Waals surface area contributed by atoms with Crippen LogP contribution in [0.1, 0.15) is 17.3 Å². The van der Waals surface area contributed by atoms with Gasteiger partial charge >= 0.3 is 0 Å². The number of anilines is 1. The van der Waals surface area contributed by atoms with Crippen LogP contribution in [0, 0.1) is 0 Å². The lowest BCUT2D eigenvalue weighted by Crippen LogP contribution is -2.18. The van der Waals surface area contributed by atoms with Gasteiger partial charge in [0.1, 0.15) is 6.54 Å². The molecule has 1 amide bonds. The number of fused-ring (bicyclic) bond motifs is 2. The highest BCUT2D eigenvalue weighted by atomic mass is 16.2. The maximum absolute atomic E-state index is 12.5. The van der Waals surface area contributed by atoms with E-state index >= 15 is 0 Å². The zero-order valence-electron chi connectivity index (χ0n) is 13.7. The van der Waals surface area contributed by atoms with E-state index in [0.29, 0.717) is 5.56 Å². The van der Waals surface area contributed by atoms with Gasteiger partial charge in [0.15, 0.2) is 5.78 Å². The molecule has 0 aliphatic rings. The number of ketones is 1. The number of hydrogen-bond acceptors (Lipinski definition) is 2. The van der Waals surface area contributed by atoms with Crippen LogP contribution in [0.5, 0.6) is 0 Å². The number of H-pyrrole nitrogens is 1. The van der Waals surface area contributed by atoms with Gasteiger partial charge in [-0.1, -0.05) is 24.3 Å². The third kappa shape index (κ3) is 2.80. The molecule has 2 heterocycles. The smallest absolute Gasteiger partial charge is 0.244 e. The zero-order valence-corrected chi connectivity index (χ0v) is 13.7. The molecule has 5 heteroatoms. The lowest BCUT2D eigenvalue weighted by molar-refractivity contribution is -0.116. The fourth-order valence-electron chi connectivity index (χ4n) is 3.14. The number of amides is 1. The molecule has 0 unspecified atom stereocenters. The van der Waals surface area contributed by atoms with E-state index in [9.17, 15) is 9.59 Å². The molecule has 4 aromatic rings. The van der Waals surface area contributed by atoms with Crippen molar-refractivity contribution >= 4 is 39.2 Å². The first-order valence-electron chi connectivity index (χ1n) is 8.07. The Bertz CT molecular complexity index is 1100. The van der Waals surface area contributed by atoms with E-state index in [4.69, 9.17) is 0 Å². The van der Waals surface area contributed by atoms with Crippen molar-refractivity contribution in [3.63, 3.8) is 0 Å². The van der Waals surface area contributed by atoms with Crippen LogP contribution in [0.25, 0.3) is 21.8 Å². The van der Waals surface area contributed by atoms with Gasteiger partial charge in [-0.15, -0.1) is 0 Å². The van der Waals surface area contributed by atoms with Crippen molar-refractivity contribution in [2.45, 2.75) is 13.5 Å². The molecule has 0 radical (unpaired) electrons. The van der Waals surface area contributed by atoms with Crippen LogP contribution in [-0.2, 0) is 11.3 Å². The Balaban J connectivity index is 1.60. The van der Waals surface area contributed by atoms with Crippen LogP contribution < -0.4 is 5.32 Å². The quantitative estimate of drug-likeness (QED) is 0.556. The standard InChI is InChI=1S/C20H17N3O2/c1-13(24)17-11-23(19-5-3-2-4-16(17)19)12-20(25)22-15-7-6-14-8-9-21-18(14)10-15/h2-11,21H,12H2,1H3,(H,22,25). The lowest BCUT2D eigenvalue weighted by atomic mass is 10.1. The summed E-state index contributed by atoms with van der Waals surface area (Å²) >= 11 is 0. The summed E-state index contributed by atoms with van der Waals surface area (Å²) in [6.07, 6.45) is 3.62. The van der Waals surface area contributed by atoms with E-state index in [0.717, 1.165) is 27.5 Å². The SMILES string of the molecule is CC(=O)c1cn(CC(=O)Nc2ccc3cc[nH]c3c2)c2ccccc12. The van der Waals surface area contributed by atoms with Crippen LogP contribution >= 0.6 is 0 Å². The van der Waals surface area contributed by atoms with Gasteiger partial charge in [-0.25, -0.2) is 0 Å². The first-order valence-corrected chi connectivity index (χ1v) is 8.07. The predicted octanol–water partition coefficient (Wildman–Crippen LogP) is 3.96. The highest BCUT2D eigenvalue weighted by Gasteiger charge is 2.13. The predicted molar refractivity (Wildman–Crippen MR) is 98.9 cm³/mol. The fourth-order valence-corrected chi connectivity index (χ4v) is 3.14. The van der Waals surface area contributed by atoms with E-state index in [-0.39, 0.29) is 18.2 Å². The van der Waals surface area contributed by atoms with Crippen molar-refractivity contribution in [3.05, 3.63) is 66.5 Å². The van der Waals surface area contributed by atoms with E-state index in [2.05, 4.69) is 10.3 Å². The molecule has 2 aromatic heterocycles. The number of aromatic amines is 1. The molecule has 0 aliphatic carbocycles. The van der Waals surface area contributed by atoms with Gasteiger partial charge in [-0.2, -0.15) is 0 Å². The van der Waals surface area contributed by atoms with Crippen molar-refractivity contribution in [3.8, 4) is 0 Å². The van der Waals surface area contributed by atoms with Crippen LogP contribution in [0.15, 0.2) is 60.9 Å². The number of rotatable bonds is 4. The van der Waals surface area contributed by atoms with Gasteiger partial charge in [0, 0.05) is 40.1 Å². The lowest BCUT2D eigenvalue weighted by Gasteiger charge is -2.07. The minimum atomic E-state index is -0.137. The summed E-state index contributed by atoms with van der Waals surface area (Å²) in [7, 11) is 0. The average molecular weight is 331 g/mol. The molecule has 0 fully saturated rings. The monoisotopic (exact) mass is 331 g/mol. The van der Waals surface area contributed by atoms with Gasteiger partial charge < -0.3 is 14.9 Å². The Morgan fingerprint density at radius 2 is 1.96 bits per heavy atom. The molecule has 124 valence electrons. The van der Waals surface area contributed by atoms with E-state index in [1.165, 1.54) is 6.92 Å². The molecular formula is C20H17N3O2. The van der Waals surface area contributed by atoms with Crippen LogP contribution in [0.3, 0.4) is 0 Å². The summed E-state index contributed by atoms with van der Waals surface area (Å²) in [5.74, 6) is -0.144. The second kappa shape index (κ2) is 5.94. The highest BCUT2D eigenvalue weighted by molar-refractivity contribution is 6.07. The van der Waals surface area contributed by atoms with E-state index < -0.39 is 0 Å². The number of carbonyl (C=O) groups excluding carboxylic acids is 2. The average Bonchev–Trinajstić information content (AvgIpc) is 3.19. The molecule has 2 aromatic carbocycles. The van der Waals surface area contributed by atoms with Crippen LogP contribution in [-0.4, -0.2) is 21.2 Å². The summed E-state index contributed by atoms with van der Waals surface area (Å²) in [4.78, 5) is 27.4. The Morgan fingerprint density at radius 3 is 2.80 bits per heavy atom. The number of nitrogens with one attached hydrogen (secondary N) is 2. The number of carbonyl (C=O) groups is 2. The minimum absolute atomic E-state index is 0.00689. The summed E-state index contributed by atoms with van der Waals surface area (Å²) in [5, 5.41) is 4.88. The van der Waals surface area contributed by atoms with Gasteiger partial charge in [0.05, 0.1) is 0 Å².